The molecule has 10 heteroatoms. The summed E-state index contributed by atoms with van der Waals surface area (Å²) in [5, 5.41) is 14.0. The van der Waals surface area contributed by atoms with Gasteiger partial charge in [-0.1, -0.05) is 12.1 Å². The number of imidazole rings is 1. The lowest BCUT2D eigenvalue weighted by Crippen LogP contribution is -2.45. The maximum absolute atomic E-state index is 13.0. The van der Waals surface area contributed by atoms with Crippen LogP contribution < -0.4 is 26.2 Å². The van der Waals surface area contributed by atoms with Crippen LogP contribution in [0.25, 0.3) is 11.2 Å². The van der Waals surface area contributed by atoms with Gasteiger partial charge in [0.2, 0.25) is 5.95 Å². The third-order valence-electron chi connectivity index (χ3n) is 5.55. The Balaban J connectivity index is 1.70. The highest BCUT2D eigenvalue weighted by molar-refractivity contribution is 5.74. The highest BCUT2D eigenvalue weighted by Crippen LogP contribution is 2.21. The fourth-order valence-electron chi connectivity index (χ4n) is 3.88. The molecular formula is C21H28N6O4. The molecule has 1 aliphatic heterocycles. The monoisotopic (exact) mass is 428 g/mol. The third-order valence-corrected chi connectivity index (χ3v) is 5.55. The van der Waals surface area contributed by atoms with Gasteiger partial charge in [0, 0.05) is 40.3 Å². The van der Waals surface area contributed by atoms with Crippen LogP contribution in [0.4, 0.5) is 5.95 Å². The molecule has 0 unspecified atom stereocenters. The number of anilines is 1. The van der Waals surface area contributed by atoms with Crippen LogP contribution in [0.5, 0.6) is 5.75 Å². The number of aromatic nitrogens is 4. The van der Waals surface area contributed by atoms with E-state index in [4.69, 9.17) is 4.74 Å². The highest BCUT2D eigenvalue weighted by Gasteiger charge is 2.25. The molecule has 2 N–H and O–H groups in total. The molecule has 0 saturated carbocycles. The number of nitrogens with one attached hydrogen (secondary N) is 1. The van der Waals surface area contributed by atoms with Gasteiger partial charge in [0.15, 0.2) is 11.2 Å². The Hall–Kier alpha value is -3.11. The molecule has 10 nitrogen and oxygen atoms in total. The van der Waals surface area contributed by atoms with Crippen molar-refractivity contribution >= 4 is 17.1 Å². The number of piperazine rings is 1. The van der Waals surface area contributed by atoms with E-state index >= 15 is 0 Å². The summed E-state index contributed by atoms with van der Waals surface area (Å²) in [6, 6.07) is 7.61. The summed E-state index contributed by atoms with van der Waals surface area (Å²) < 4.78 is 9.90. The zero-order valence-corrected chi connectivity index (χ0v) is 18.0. The lowest BCUT2D eigenvalue weighted by Gasteiger charge is -2.29. The summed E-state index contributed by atoms with van der Waals surface area (Å²) in [5.74, 6) is 1.25. The number of aliphatic hydroxyl groups excluding tert-OH is 1. The summed E-state index contributed by atoms with van der Waals surface area (Å²) >= 11 is 0. The molecule has 0 spiro atoms. The van der Waals surface area contributed by atoms with E-state index in [1.165, 1.54) is 11.6 Å². The average Bonchev–Trinajstić information content (AvgIpc) is 3.14. The summed E-state index contributed by atoms with van der Waals surface area (Å²) in [6.07, 6.45) is -0.874. The molecule has 2 aromatic heterocycles. The Morgan fingerprint density at radius 1 is 1.19 bits per heavy atom. The molecule has 3 heterocycles. The van der Waals surface area contributed by atoms with E-state index in [2.05, 4.69) is 15.2 Å². The number of aliphatic hydroxyl groups is 1. The Labute approximate surface area is 179 Å². The zero-order chi connectivity index (χ0) is 22.1. The molecule has 31 heavy (non-hydrogen) atoms. The predicted octanol–water partition coefficient (Wildman–Crippen LogP) is -0.408. The first-order valence-electron chi connectivity index (χ1n) is 10.4. The van der Waals surface area contributed by atoms with Crippen molar-refractivity contribution < 1.29 is 9.84 Å². The fraction of sp³-hybridized carbons (Fsp3) is 0.476. The quantitative estimate of drug-likeness (QED) is 0.550. The van der Waals surface area contributed by atoms with Gasteiger partial charge in [-0.2, -0.15) is 4.98 Å². The zero-order valence-electron chi connectivity index (χ0n) is 18.0. The van der Waals surface area contributed by atoms with Gasteiger partial charge < -0.3 is 24.6 Å². The van der Waals surface area contributed by atoms with Crippen LogP contribution in [0.3, 0.4) is 0 Å². The minimum atomic E-state index is -0.874. The maximum Gasteiger partial charge on any atom is 0.332 e. The molecule has 1 fully saturated rings. The van der Waals surface area contributed by atoms with Gasteiger partial charge in [-0.25, -0.2) is 4.79 Å². The summed E-state index contributed by atoms with van der Waals surface area (Å²) in [5.41, 5.74) is 0.815. The van der Waals surface area contributed by atoms with E-state index in [1.807, 2.05) is 31.2 Å². The van der Waals surface area contributed by atoms with E-state index in [1.54, 1.807) is 11.6 Å². The summed E-state index contributed by atoms with van der Waals surface area (Å²) in [6.45, 7) is 5.17. The van der Waals surface area contributed by atoms with Crippen LogP contribution in [0.2, 0.25) is 0 Å². The van der Waals surface area contributed by atoms with Gasteiger partial charge in [-0.3, -0.25) is 13.9 Å². The van der Waals surface area contributed by atoms with Crippen molar-refractivity contribution in [1.82, 2.24) is 24.0 Å². The Bertz CT molecular complexity index is 1210. The maximum atomic E-state index is 13.0. The molecule has 1 aliphatic rings. The van der Waals surface area contributed by atoms with Gasteiger partial charge in [-0.05, 0) is 24.6 Å². The fourth-order valence-corrected chi connectivity index (χ4v) is 3.88. The number of aryl methyl sites for hydroxylation is 2. The van der Waals surface area contributed by atoms with Crippen molar-refractivity contribution in [2.45, 2.75) is 19.6 Å². The van der Waals surface area contributed by atoms with E-state index < -0.39 is 17.4 Å². The minimum absolute atomic E-state index is 0.0657. The van der Waals surface area contributed by atoms with E-state index in [9.17, 15) is 14.7 Å². The third kappa shape index (κ3) is 4.08. The van der Waals surface area contributed by atoms with Crippen LogP contribution in [-0.4, -0.2) is 62.7 Å². The predicted molar refractivity (Wildman–Crippen MR) is 118 cm³/mol. The van der Waals surface area contributed by atoms with Gasteiger partial charge in [0.25, 0.3) is 5.56 Å². The lowest BCUT2D eigenvalue weighted by molar-refractivity contribution is 0.0935. The molecule has 0 radical (unpaired) electrons. The lowest BCUT2D eigenvalue weighted by atomic mass is 10.2. The molecule has 0 aliphatic carbocycles. The second-order valence-electron chi connectivity index (χ2n) is 7.92. The number of hydrogen-bond acceptors (Lipinski definition) is 7. The second kappa shape index (κ2) is 8.56. The van der Waals surface area contributed by atoms with E-state index in [0.717, 1.165) is 23.2 Å². The minimum Gasteiger partial charge on any atom is -0.491 e. The largest absolute Gasteiger partial charge is 0.491 e. The number of benzene rings is 1. The van der Waals surface area contributed by atoms with Crippen molar-refractivity contribution in [3.63, 3.8) is 0 Å². The second-order valence-corrected chi connectivity index (χ2v) is 7.92. The molecule has 0 bridgehead atoms. The topological polar surface area (TPSA) is 107 Å². The van der Waals surface area contributed by atoms with Crippen LogP contribution in [0.15, 0.2) is 33.9 Å². The number of rotatable bonds is 6. The number of hydrogen-bond donors (Lipinski definition) is 2. The standard InChI is InChI=1S/C21H28N6O4/c1-14-5-4-6-16(11-14)31-13-15(28)12-27-17-18(24(2)21(30)25(3)19(17)29)23-20(27)26-9-7-22-8-10-26/h4-6,11,15,22,28H,7-10,12-13H2,1-3H3/t15-/m0/s1. The molecule has 4 rings (SSSR count). The molecular weight excluding hydrogens is 400 g/mol. The van der Waals surface area contributed by atoms with Crippen molar-refractivity contribution in [3.05, 3.63) is 50.7 Å². The highest BCUT2D eigenvalue weighted by atomic mass is 16.5. The molecule has 0 amide bonds. The molecule has 3 aromatic rings. The van der Waals surface area contributed by atoms with Crippen molar-refractivity contribution in [2.75, 3.05) is 37.7 Å². The Morgan fingerprint density at radius 2 is 1.94 bits per heavy atom. The van der Waals surface area contributed by atoms with Gasteiger partial charge in [0.05, 0.1) is 6.54 Å². The van der Waals surface area contributed by atoms with E-state index in [0.29, 0.717) is 36.0 Å². The first-order valence-corrected chi connectivity index (χ1v) is 10.4. The van der Waals surface area contributed by atoms with Crippen molar-refractivity contribution in [2.24, 2.45) is 14.1 Å². The first-order chi connectivity index (χ1) is 14.9. The first kappa shape index (κ1) is 21.1. The van der Waals surface area contributed by atoms with Crippen molar-refractivity contribution in [3.8, 4) is 5.75 Å². The number of nitrogens with zero attached hydrogens (tertiary/aromatic N) is 5. The Kier molecular flexibility index (Phi) is 5.84. The average molecular weight is 428 g/mol. The van der Waals surface area contributed by atoms with Crippen molar-refractivity contribution in [1.29, 1.82) is 0 Å². The van der Waals surface area contributed by atoms with Gasteiger partial charge in [0.1, 0.15) is 18.5 Å². The smallest absolute Gasteiger partial charge is 0.332 e. The molecule has 166 valence electrons. The van der Waals surface area contributed by atoms with Crippen LogP contribution in [-0.2, 0) is 20.6 Å². The normalized spacial score (nSPS) is 15.4. The van der Waals surface area contributed by atoms with Gasteiger partial charge in [-0.15, -0.1) is 0 Å². The Morgan fingerprint density at radius 3 is 2.65 bits per heavy atom. The molecule has 1 saturated heterocycles. The summed E-state index contributed by atoms with van der Waals surface area (Å²) in [4.78, 5) is 32.1. The number of fused-ring (bicyclic) bond motifs is 1. The van der Waals surface area contributed by atoms with E-state index in [-0.39, 0.29) is 13.2 Å². The molecule has 1 atom stereocenters. The number of ether oxygens (including phenoxy) is 1. The van der Waals surface area contributed by atoms with Gasteiger partial charge >= 0.3 is 5.69 Å². The van der Waals surface area contributed by atoms with Crippen LogP contribution >= 0.6 is 0 Å². The molecule has 1 aromatic carbocycles. The van der Waals surface area contributed by atoms with Crippen LogP contribution in [0, 0.1) is 6.92 Å². The SMILES string of the molecule is Cc1cccc(OC[C@@H](O)Cn2c(N3CCNCC3)nc3c2c(=O)n(C)c(=O)n3C)c1. The van der Waals surface area contributed by atoms with Crippen LogP contribution in [0.1, 0.15) is 5.56 Å². The summed E-state index contributed by atoms with van der Waals surface area (Å²) in [7, 11) is 3.05.